The van der Waals surface area contributed by atoms with Crippen LogP contribution in [-0.4, -0.2) is 60.1 Å². The molecule has 0 N–H and O–H groups in total. The Kier molecular flexibility index (Phi) is 5.21. The molecule has 1 amide bonds. The number of hydrogen-bond donors (Lipinski definition) is 0. The van der Waals surface area contributed by atoms with E-state index in [1.807, 2.05) is 4.90 Å². The van der Waals surface area contributed by atoms with E-state index in [9.17, 15) is 4.79 Å². The highest BCUT2D eigenvalue weighted by Gasteiger charge is 2.47. The van der Waals surface area contributed by atoms with Gasteiger partial charge in [-0.25, -0.2) is 4.98 Å². The standard InChI is InChI=1S/C23H29N3O3/c1-14-15(2)21(28-4)8-7-20(14)16(3)25-12-19-10-18(25)13-26(19)23(27)17-6-9-22(29-5)24-11-17/h6-9,11,16,18-19H,10,12-13H2,1-5H3/t16-,18-,19-/m0/s1. The molecule has 2 aromatic rings. The van der Waals surface area contributed by atoms with E-state index in [0.717, 1.165) is 25.3 Å². The first-order valence-electron chi connectivity index (χ1n) is 10.2. The van der Waals surface area contributed by atoms with Crippen molar-refractivity contribution in [2.75, 3.05) is 27.3 Å². The maximum Gasteiger partial charge on any atom is 0.255 e. The number of rotatable bonds is 5. The van der Waals surface area contributed by atoms with Crippen LogP contribution in [0, 0.1) is 13.8 Å². The van der Waals surface area contributed by atoms with Crippen LogP contribution in [0.15, 0.2) is 30.5 Å². The normalized spacial score (nSPS) is 22.0. The third-order valence-corrected chi connectivity index (χ3v) is 6.68. The average Bonchev–Trinajstić information content (AvgIpc) is 3.36. The van der Waals surface area contributed by atoms with E-state index < -0.39 is 0 Å². The van der Waals surface area contributed by atoms with Crippen LogP contribution >= 0.6 is 0 Å². The van der Waals surface area contributed by atoms with Gasteiger partial charge in [0.1, 0.15) is 5.75 Å². The molecule has 29 heavy (non-hydrogen) atoms. The molecule has 4 rings (SSSR count). The quantitative estimate of drug-likeness (QED) is 0.777. The van der Waals surface area contributed by atoms with Gasteiger partial charge in [-0.05, 0) is 56.0 Å². The van der Waals surface area contributed by atoms with Gasteiger partial charge in [-0.15, -0.1) is 0 Å². The Morgan fingerprint density at radius 1 is 1.07 bits per heavy atom. The van der Waals surface area contributed by atoms with Gasteiger partial charge in [0.2, 0.25) is 5.88 Å². The number of fused-ring (bicyclic) bond motifs is 2. The SMILES string of the molecule is COc1ccc(C(=O)N2C[C@@H]3C[C@H]2CN3[C@@H](C)c2ccc(OC)c(C)c2C)cn1. The Labute approximate surface area is 172 Å². The van der Waals surface area contributed by atoms with Crippen LogP contribution < -0.4 is 9.47 Å². The van der Waals surface area contributed by atoms with Gasteiger partial charge in [-0.3, -0.25) is 9.69 Å². The lowest BCUT2D eigenvalue weighted by molar-refractivity contribution is 0.0568. The molecule has 1 aromatic carbocycles. The fraction of sp³-hybridized carbons (Fsp3) is 0.478. The predicted molar refractivity (Wildman–Crippen MR) is 112 cm³/mol. The van der Waals surface area contributed by atoms with Gasteiger partial charge >= 0.3 is 0 Å². The second kappa shape index (κ2) is 7.67. The summed E-state index contributed by atoms with van der Waals surface area (Å²) in [5.74, 6) is 1.53. The predicted octanol–water partition coefficient (Wildman–Crippen LogP) is 3.38. The second-order valence-corrected chi connectivity index (χ2v) is 8.07. The monoisotopic (exact) mass is 395 g/mol. The molecule has 154 valence electrons. The van der Waals surface area contributed by atoms with E-state index in [4.69, 9.17) is 9.47 Å². The highest BCUT2D eigenvalue weighted by atomic mass is 16.5. The summed E-state index contributed by atoms with van der Waals surface area (Å²) in [7, 11) is 3.29. The molecular weight excluding hydrogens is 366 g/mol. The summed E-state index contributed by atoms with van der Waals surface area (Å²) in [5.41, 5.74) is 4.45. The van der Waals surface area contributed by atoms with Crippen LogP contribution in [-0.2, 0) is 0 Å². The van der Waals surface area contributed by atoms with Crippen LogP contribution in [0.3, 0.4) is 0 Å². The van der Waals surface area contributed by atoms with Gasteiger partial charge in [-0.1, -0.05) is 6.07 Å². The zero-order valence-electron chi connectivity index (χ0n) is 17.8. The van der Waals surface area contributed by atoms with E-state index in [2.05, 4.69) is 42.8 Å². The fourth-order valence-electron chi connectivity index (χ4n) is 4.88. The number of hydrogen-bond acceptors (Lipinski definition) is 5. The van der Waals surface area contributed by atoms with Gasteiger partial charge in [0.15, 0.2) is 0 Å². The van der Waals surface area contributed by atoms with Gasteiger partial charge in [0.25, 0.3) is 5.91 Å². The highest BCUT2D eigenvalue weighted by Crippen LogP contribution is 2.39. The molecule has 2 aliphatic heterocycles. The minimum Gasteiger partial charge on any atom is -0.496 e. The molecule has 2 saturated heterocycles. The molecule has 0 aliphatic carbocycles. The third kappa shape index (κ3) is 3.35. The van der Waals surface area contributed by atoms with Gasteiger partial charge in [0, 0.05) is 43.5 Å². The van der Waals surface area contributed by atoms with Crippen molar-refractivity contribution >= 4 is 5.91 Å². The molecule has 0 spiro atoms. The Morgan fingerprint density at radius 2 is 1.86 bits per heavy atom. The first-order chi connectivity index (χ1) is 13.9. The number of ether oxygens (including phenoxy) is 2. The van der Waals surface area contributed by atoms with Crippen molar-refractivity contribution in [2.24, 2.45) is 0 Å². The molecule has 3 atom stereocenters. The maximum absolute atomic E-state index is 13.0. The van der Waals surface area contributed by atoms with Crippen molar-refractivity contribution in [3.05, 3.63) is 52.7 Å². The van der Waals surface area contributed by atoms with Gasteiger partial charge < -0.3 is 14.4 Å². The molecule has 2 bridgehead atoms. The Hall–Kier alpha value is -2.60. The van der Waals surface area contributed by atoms with Crippen LogP contribution in [0.2, 0.25) is 0 Å². The largest absolute Gasteiger partial charge is 0.496 e. The summed E-state index contributed by atoms with van der Waals surface area (Å²) in [6, 6.07) is 8.76. The molecule has 6 nitrogen and oxygen atoms in total. The van der Waals surface area contributed by atoms with Crippen molar-refractivity contribution in [2.45, 2.75) is 45.3 Å². The first kappa shape index (κ1) is 19.7. The molecule has 3 heterocycles. The minimum atomic E-state index is 0.0661. The lowest BCUT2D eigenvalue weighted by Gasteiger charge is -2.38. The second-order valence-electron chi connectivity index (χ2n) is 8.07. The summed E-state index contributed by atoms with van der Waals surface area (Å²) in [6.45, 7) is 8.24. The third-order valence-electron chi connectivity index (χ3n) is 6.68. The average molecular weight is 396 g/mol. The molecule has 2 aliphatic rings. The number of methoxy groups -OCH3 is 2. The number of likely N-dealkylation sites (tertiary alicyclic amines) is 2. The van der Waals surface area contributed by atoms with E-state index in [1.54, 1.807) is 32.5 Å². The molecule has 2 fully saturated rings. The van der Waals surface area contributed by atoms with E-state index in [1.165, 1.54) is 16.7 Å². The smallest absolute Gasteiger partial charge is 0.255 e. The molecule has 6 heteroatoms. The van der Waals surface area contributed by atoms with Crippen LogP contribution in [0.4, 0.5) is 0 Å². The molecule has 0 unspecified atom stereocenters. The van der Waals surface area contributed by atoms with E-state index in [-0.39, 0.29) is 11.9 Å². The number of pyridine rings is 1. The summed E-state index contributed by atoms with van der Waals surface area (Å²) in [5, 5.41) is 0. The van der Waals surface area contributed by atoms with Crippen LogP contribution in [0.5, 0.6) is 11.6 Å². The minimum absolute atomic E-state index is 0.0661. The lowest BCUT2D eigenvalue weighted by atomic mass is 9.96. The van der Waals surface area contributed by atoms with Crippen molar-refractivity contribution in [1.29, 1.82) is 0 Å². The number of piperazine rings is 1. The molecule has 0 saturated carbocycles. The topological polar surface area (TPSA) is 54.9 Å². The fourth-order valence-corrected chi connectivity index (χ4v) is 4.88. The summed E-state index contributed by atoms with van der Waals surface area (Å²) in [4.78, 5) is 21.7. The van der Waals surface area contributed by atoms with Crippen molar-refractivity contribution in [3.63, 3.8) is 0 Å². The summed E-state index contributed by atoms with van der Waals surface area (Å²) >= 11 is 0. The Balaban J connectivity index is 1.47. The number of carbonyl (C=O) groups is 1. The number of nitrogens with zero attached hydrogens (tertiary/aromatic N) is 3. The van der Waals surface area contributed by atoms with Gasteiger partial charge in [0.05, 0.1) is 19.8 Å². The summed E-state index contributed by atoms with van der Waals surface area (Å²) < 4.78 is 10.5. The summed E-state index contributed by atoms with van der Waals surface area (Å²) in [6.07, 6.45) is 2.64. The van der Waals surface area contributed by atoms with E-state index in [0.29, 0.717) is 23.5 Å². The van der Waals surface area contributed by atoms with Crippen molar-refractivity contribution in [1.82, 2.24) is 14.8 Å². The molecular formula is C23H29N3O3. The van der Waals surface area contributed by atoms with Crippen LogP contribution in [0.25, 0.3) is 0 Å². The maximum atomic E-state index is 13.0. The number of benzene rings is 1. The number of carbonyl (C=O) groups excluding carboxylic acids is 1. The Morgan fingerprint density at radius 3 is 2.45 bits per heavy atom. The van der Waals surface area contributed by atoms with Gasteiger partial charge in [-0.2, -0.15) is 0 Å². The molecule has 0 radical (unpaired) electrons. The Bertz CT molecular complexity index is 912. The zero-order valence-corrected chi connectivity index (χ0v) is 17.8. The highest BCUT2D eigenvalue weighted by molar-refractivity contribution is 5.94. The molecule has 1 aromatic heterocycles. The van der Waals surface area contributed by atoms with Crippen molar-refractivity contribution in [3.8, 4) is 11.6 Å². The number of amides is 1. The first-order valence-corrected chi connectivity index (χ1v) is 10.2. The lowest BCUT2D eigenvalue weighted by Crippen LogP contribution is -2.49. The van der Waals surface area contributed by atoms with Crippen molar-refractivity contribution < 1.29 is 14.3 Å². The van der Waals surface area contributed by atoms with Crippen LogP contribution in [0.1, 0.15) is 46.4 Å². The zero-order chi connectivity index (χ0) is 20.7. The number of aromatic nitrogens is 1. The van der Waals surface area contributed by atoms with E-state index >= 15 is 0 Å².